The minimum Gasteiger partial charge on any atom is -0.326 e. The van der Waals surface area contributed by atoms with E-state index in [1.54, 1.807) is 6.20 Å². The highest BCUT2D eigenvalue weighted by Gasteiger charge is 2.29. The Bertz CT molecular complexity index is 699. The highest BCUT2D eigenvalue weighted by atomic mass is 32.2. The van der Waals surface area contributed by atoms with Crippen molar-refractivity contribution in [1.29, 1.82) is 0 Å². The molecule has 0 bridgehead atoms. The first-order valence-electron chi connectivity index (χ1n) is 7.40. The fourth-order valence-electron chi connectivity index (χ4n) is 1.99. The Labute approximate surface area is 142 Å². The first-order valence-corrected chi connectivity index (χ1v) is 9.15. The number of benzene rings is 1. The lowest BCUT2D eigenvalue weighted by atomic mass is 10.3. The molecule has 7 heteroatoms. The highest BCUT2D eigenvalue weighted by Crippen LogP contribution is 2.31. The lowest BCUT2D eigenvalue weighted by Crippen LogP contribution is -2.22. The van der Waals surface area contributed by atoms with Crippen LogP contribution in [-0.4, -0.2) is 22.0 Å². The molecule has 1 fully saturated rings. The summed E-state index contributed by atoms with van der Waals surface area (Å²) in [5.74, 6) is 0.174. The van der Waals surface area contributed by atoms with Crippen molar-refractivity contribution in [3.05, 3.63) is 35.8 Å². The lowest BCUT2D eigenvalue weighted by Gasteiger charge is -2.12. The first-order chi connectivity index (χ1) is 11.1. The summed E-state index contributed by atoms with van der Waals surface area (Å²) in [6, 6.07) is 7.59. The Balaban J connectivity index is 1.58. The Morgan fingerprint density at radius 3 is 2.87 bits per heavy atom. The number of anilines is 2. The molecule has 0 aliphatic heterocycles. The van der Waals surface area contributed by atoms with E-state index in [0.29, 0.717) is 5.13 Å². The van der Waals surface area contributed by atoms with Crippen LogP contribution in [0.15, 0.2) is 40.7 Å². The number of hydrogen-bond acceptors (Lipinski definition) is 5. The molecule has 0 radical (unpaired) electrons. The molecule has 1 aliphatic carbocycles. The van der Waals surface area contributed by atoms with Crippen molar-refractivity contribution in [2.75, 3.05) is 10.6 Å². The quantitative estimate of drug-likeness (QED) is 0.783. The number of nitrogens with zero attached hydrogens (tertiary/aromatic N) is 1. The topological polar surface area (TPSA) is 71.1 Å². The van der Waals surface area contributed by atoms with Gasteiger partial charge in [-0.3, -0.25) is 9.59 Å². The van der Waals surface area contributed by atoms with Gasteiger partial charge in [-0.25, -0.2) is 4.98 Å². The summed E-state index contributed by atoms with van der Waals surface area (Å²) in [6.45, 7) is 1.85. The zero-order valence-corrected chi connectivity index (χ0v) is 14.2. The second-order valence-corrected chi connectivity index (χ2v) is 7.69. The maximum absolute atomic E-state index is 12.1. The number of hydrogen-bond donors (Lipinski definition) is 2. The Morgan fingerprint density at radius 2 is 2.17 bits per heavy atom. The summed E-state index contributed by atoms with van der Waals surface area (Å²) in [4.78, 5) is 28.9. The van der Waals surface area contributed by atoms with Crippen molar-refractivity contribution in [2.45, 2.75) is 29.9 Å². The second kappa shape index (κ2) is 7.14. The minimum absolute atomic E-state index is 0.0849. The molecule has 1 atom stereocenters. The van der Waals surface area contributed by atoms with Gasteiger partial charge in [0.1, 0.15) is 0 Å². The van der Waals surface area contributed by atoms with E-state index in [1.165, 1.54) is 23.1 Å². The van der Waals surface area contributed by atoms with E-state index in [1.807, 2.05) is 36.6 Å². The molecule has 2 N–H and O–H groups in total. The fraction of sp³-hybridized carbons (Fsp3) is 0.312. The van der Waals surface area contributed by atoms with Gasteiger partial charge < -0.3 is 10.6 Å². The third-order valence-corrected chi connectivity index (χ3v) is 5.18. The van der Waals surface area contributed by atoms with E-state index in [9.17, 15) is 9.59 Å². The monoisotopic (exact) mass is 347 g/mol. The summed E-state index contributed by atoms with van der Waals surface area (Å²) >= 11 is 2.85. The number of thiazole rings is 1. The van der Waals surface area contributed by atoms with E-state index < -0.39 is 0 Å². The summed E-state index contributed by atoms with van der Waals surface area (Å²) < 4.78 is 0. The molecule has 120 valence electrons. The number of carbonyl (C=O) groups excluding carboxylic acids is 2. The normalized spacial score (nSPS) is 15.0. The van der Waals surface area contributed by atoms with Crippen molar-refractivity contribution in [3.63, 3.8) is 0 Å². The van der Waals surface area contributed by atoms with Crippen LogP contribution in [0.4, 0.5) is 10.8 Å². The number of amides is 2. The van der Waals surface area contributed by atoms with Crippen molar-refractivity contribution < 1.29 is 9.59 Å². The van der Waals surface area contributed by atoms with Gasteiger partial charge in [-0.1, -0.05) is 6.07 Å². The Hall–Kier alpha value is -1.86. The minimum atomic E-state index is -0.256. The summed E-state index contributed by atoms with van der Waals surface area (Å²) in [5, 5.41) is 7.88. The third-order valence-electron chi connectivity index (χ3n) is 3.39. The van der Waals surface area contributed by atoms with Crippen LogP contribution in [0, 0.1) is 5.92 Å². The van der Waals surface area contributed by atoms with Crippen LogP contribution >= 0.6 is 23.1 Å². The van der Waals surface area contributed by atoms with Crippen molar-refractivity contribution in [3.8, 4) is 0 Å². The van der Waals surface area contributed by atoms with E-state index >= 15 is 0 Å². The molecule has 0 saturated heterocycles. The van der Waals surface area contributed by atoms with Gasteiger partial charge in [0.25, 0.3) is 0 Å². The number of thioether (sulfide) groups is 1. The smallest absolute Gasteiger partial charge is 0.239 e. The third kappa shape index (κ3) is 4.56. The standard InChI is InChI=1S/C16H17N3O2S2/c1-10(14(20)19-16-17-7-8-22-16)23-13-4-2-3-12(9-13)18-15(21)11-5-6-11/h2-4,7-11H,5-6H2,1H3,(H,18,21)(H,17,19,20). The van der Waals surface area contributed by atoms with Crippen LogP contribution in [0.2, 0.25) is 0 Å². The summed E-state index contributed by atoms with van der Waals surface area (Å²) in [7, 11) is 0. The van der Waals surface area contributed by atoms with Crippen LogP contribution < -0.4 is 10.6 Å². The summed E-state index contributed by atoms with van der Waals surface area (Å²) in [5.41, 5.74) is 0.777. The molecule has 5 nitrogen and oxygen atoms in total. The molecule has 2 amide bonds. The molecule has 1 heterocycles. The average molecular weight is 347 g/mol. The van der Waals surface area contributed by atoms with E-state index in [4.69, 9.17) is 0 Å². The predicted molar refractivity (Wildman–Crippen MR) is 93.9 cm³/mol. The van der Waals surface area contributed by atoms with Gasteiger partial charge in [0.2, 0.25) is 11.8 Å². The zero-order valence-electron chi connectivity index (χ0n) is 12.6. The fourth-order valence-corrected chi connectivity index (χ4v) is 3.45. The van der Waals surface area contributed by atoms with Crippen LogP contribution in [-0.2, 0) is 9.59 Å². The van der Waals surface area contributed by atoms with Crippen LogP contribution in [0.1, 0.15) is 19.8 Å². The van der Waals surface area contributed by atoms with Crippen LogP contribution in [0.3, 0.4) is 0 Å². The van der Waals surface area contributed by atoms with Crippen molar-refractivity contribution in [2.24, 2.45) is 5.92 Å². The largest absolute Gasteiger partial charge is 0.326 e. The molecule has 1 unspecified atom stereocenters. The van der Waals surface area contributed by atoms with Gasteiger partial charge >= 0.3 is 0 Å². The molecule has 0 spiro atoms. The van der Waals surface area contributed by atoms with E-state index in [-0.39, 0.29) is 23.0 Å². The van der Waals surface area contributed by atoms with Gasteiger partial charge in [0.05, 0.1) is 5.25 Å². The molecule has 1 saturated carbocycles. The Kier molecular flexibility index (Phi) is 4.97. The van der Waals surface area contributed by atoms with E-state index in [0.717, 1.165) is 23.4 Å². The van der Waals surface area contributed by atoms with Gasteiger partial charge in [-0.05, 0) is 38.0 Å². The van der Waals surface area contributed by atoms with Gasteiger partial charge in [0, 0.05) is 28.1 Å². The van der Waals surface area contributed by atoms with E-state index in [2.05, 4.69) is 15.6 Å². The van der Waals surface area contributed by atoms with Crippen molar-refractivity contribution in [1.82, 2.24) is 4.98 Å². The molecule has 3 rings (SSSR count). The number of aromatic nitrogens is 1. The molecule has 1 aliphatic rings. The lowest BCUT2D eigenvalue weighted by molar-refractivity contribution is -0.117. The molecule has 1 aromatic heterocycles. The number of rotatable bonds is 6. The predicted octanol–water partition coefficient (Wildman–Crippen LogP) is 3.61. The molecular weight excluding hydrogens is 330 g/mol. The maximum atomic E-state index is 12.1. The SMILES string of the molecule is CC(Sc1cccc(NC(=O)C2CC2)c1)C(=O)Nc1nccs1. The van der Waals surface area contributed by atoms with Gasteiger partial charge in [-0.2, -0.15) is 0 Å². The van der Waals surface area contributed by atoms with Crippen LogP contribution in [0.25, 0.3) is 0 Å². The summed E-state index contributed by atoms with van der Waals surface area (Å²) in [6.07, 6.45) is 3.62. The molecule has 1 aromatic carbocycles. The average Bonchev–Trinajstić information content (AvgIpc) is 3.26. The number of nitrogens with one attached hydrogen (secondary N) is 2. The maximum Gasteiger partial charge on any atom is 0.239 e. The molecule has 2 aromatic rings. The van der Waals surface area contributed by atoms with Crippen LogP contribution in [0.5, 0.6) is 0 Å². The first kappa shape index (κ1) is 16.0. The molecular formula is C16H17N3O2S2. The zero-order chi connectivity index (χ0) is 16.2. The van der Waals surface area contributed by atoms with Crippen molar-refractivity contribution >= 4 is 45.7 Å². The van der Waals surface area contributed by atoms with Gasteiger partial charge in [-0.15, -0.1) is 23.1 Å². The highest BCUT2D eigenvalue weighted by molar-refractivity contribution is 8.00. The number of carbonyl (C=O) groups is 2. The molecule has 23 heavy (non-hydrogen) atoms. The van der Waals surface area contributed by atoms with Gasteiger partial charge in [0.15, 0.2) is 5.13 Å². The second-order valence-electron chi connectivity index (χ2n) is 5.38. The Morgan fingerprint density at radius 1 is 1.35 bits per heavy atom.